The molecule has 0 aromatic carbocycles. The van der Waals surface area contributed by atoms with E-state index in [4.69, 9.17) is 0 Å². The van der Waals surface area contributed by atoms with E-state index in [1.54, 1.807) is 0 Å². The van der Waals surface area contributed by atoms with Crippen molar-refractivity contribution < 1.29 is 4.79 Å². The van der Waals surface area contributed by atoms with Gasteiger partial charge in [0, 0.05) is 24.5 Å². The van der Waals surface area contributed by atoms with Crippen molar-refractivity contribution in [1.82, 2.24) is 10.2 Å². The molecule has 1 N–H and O–H groups in total. The predicted octanol–water partition coefficient (Wildman–Crippen LogP) is 2.41. The summed E-state index contributed by atoms with van der Waals surface area (Å²) < 4.78 is 0. The average molecular weight is 252 g/mol. The molecule has 0 bridgehead atoms. The minimum atomic E-state index is 0.286. The zero-order chi connectivity index (χ0) is 13.1. The van der Waals surface area contributed by atoms with Crippen molar-refractivity contribution >= 4 is 5.91 Å². The summed E-state index contributed by atoms with van der Waals surface area (Å²) in [5, 5.41) is 3.50. The molecule has 1 aliphatic carbocycles. The van der Waals surface area contributed by atoms with E-state index in [0.29, 0.717) is 23.9 Å². The first-order valence-electron chi connectivity index (χ1n) is 7.63. The average Bonchev–Trinajstić information content (AvgIpc) is 2.95. The van der Waals surface area contributed by atoms with Gasteiger partial charge in [-0.05, 0) is 52.0 Å². The van der Waals surface area contributed by atoms with Crippen LogP contribution in [0.1, 0.15) is 52.9 Å². The monoisotopic (exact) mass is 252 g/mol. The van der Waals surface area contributed by atoms with Crippen molar-refractivity contribution in [3.8, 4) is 0 Å². The molecular weight excluding hydrogens is 224 g/mol. The molecule has 1 amide bonds. The molecule has 3 nitrogen and oxygen atoms in total. The Morgan fingerprint density at radius 3 is 2.56 bits per heavy atom. The van der Waals surface area contributed by atoms with Crippen molar-refractivity contribution in [2.24, 2.45) is 11.8 Å². The first-order valence-corrected chi connectivity index (χ1v) is 7.63. The van der Waals surface area contributed by atoms with E-state index in [0.717, 1.165) is 19.5 Å². The third kappa shape index (κ3) is 3.05. The molecule has 0 radical (unpaired) electrons. The maximum Gasteiger partial charge on any atom is 0.226 e. The summed E-state index contributed by atoms with van der Waals surface area (Å²) >= 11 is 0. The van der Waals surface area contributed by atoms with Gasteiger partial charge in [-0.25, -0.2) is 0 Å². The summed E-state index contributed by atoms with van der Waals surface area (Å²) in [6, 6.07) is 0.848. The van der Waals surface area contributed by atoms with E-state index >= 15 is 0 Å². The van der Waals surface area contributed by atoms with Crippen LogP contribution in [0.2, 0.25) is 0 Å². The Labute approximate surface area is 111 Å². The molecule has 104 valence electrons. The number of nitrogens with zero attached hydrogens (tertiary/aromatic N) is 1. The molecule has 3 atom stereocenters. The number of hydrogen-bond donors (Lipinski definition) is 1. The molecule has 0 aromatic rings. The van der Waals surface area contributed by atoms with E-state index in [1.807, 2.05) is 0 Å². The molecule has 2 rings (SSSR count). The molecule has 0 spiro atoms. The molecule has 3 unspecified atom stereocenters. The van der Waals surface area contributed by atoms with Crippen LogP contribution in [0, 0.1) is 11.8 Å². The van der Waals surface area contributed by atoms with Crippen LogP contribution < -0.4 is 5.32 Å². The minimum absolute atomic E-state index is 0.286. The molecular formula is C15H28N2O. The summed E-state index contributed by atoms with van der Waals surface area (Å²) in [5.41, 5.74) is 0. The first kappa shape index (κ1) is 13.9. The Hall–Kier alpha value is -0.570. The maximum atomic E-state index is 12.7. The van der Waals surface area contributed by atoms with Crippen LogP contribution in [0.5, 0.6) is 0 Å². The summed E-state index contributed by atoms with van der Waals surface area (Å²) in [5.74, 6) is 1.27. The van der Waals surface area contributed by atoms with Gasteiger partial charge in [-0.15, -0.1) is 0 Å². The minimum Gasteiger partial charge on any atom is -0.338 e. The number of nitrogens with one attached hydrogen (secondary N) is 1. The Balaban J connectivity index is 1.97. The van der Waals surface area contributed by atoms with E-state index in [9.17, 15) is 4.79 Å². The molecule has 2 aliphatic rings. The Morgan fingerprint density at radius 1 is 1.28 bits per heavy atom. The zero-order valence-corrected chi connectivity index (χ0v) is 12.1. The molecule has 1 aliphatic heterocycles. The van der Waals surface area contributed by atoms with Gasteiger partial charge in [-0.2, -0.15) is 0 Å². The van der Waals surface area contributed by atoms with Crippen LogP contribution >= 0.6 is 0 Å². The third-order valence-electron chi connectivity index (χ3n) is 4.66. The highest BCUT2D eigenvalue weighted by Gasteiger charge is 2.34. The normalized spacial score (nSPS) is 32.1. The fourth-order valence-electron chi connectivity index (χ4n) is 3.43. The quantitative estimate of drug-likeness (QED) is 0.833. The van der Waals surface area contributed by atoms with Crippen molar-refractivity contribution in [1.29, 1.82) is 0 Å². The highest BCUT2D eigenvalue weighted by atomic mass is 16.2. The van der Waals surface area contributed by atoms with Crippen LogP contribution in [0.15, 0.2) is 0 Å². The van der Waals surface area contributed by atoms with Gasteiger partial charge in [0.25, 0.3) is 0 Å². The summed E-state index contributed by atoms with van der Waals surface area (Å²) in [6.45, 7) is 8.55. The van der Waals surface area contributed by atoms with Crippen molar-refractivity contribution in [3.05, 3.63) is 0 Å². The summed E-state index contributed by atoms with van der Waals surface area (Å²) in [6.07, 6.45) is 6.03. The maximum absolute atomic E-state index is 12.7. The fourth-order valence-corrected chi connectivity index (χ4v) is 3.43. The lowest BCUT2D eigenvalue weighted by molar-refractivity contribution is -0.138. The van der Waals surface area contributed by atoms with E-state index in [-0.39, 0.29) is 5.92 Å². The first-order chi connectivity index (χ1) is 8.59. The second-order valence-electron chi connectivity index (χ2n) is 6.39. The number of carbonyl (C=O) groups excluding carboxylic acids is 1. The Bertz CT molecular complexity index is 284. The van der Waals surface area contributed by atoms with Crippen LogP contribution in [-0.2, 0) is 4.79 Å². The van der Waals surface area contributed by atoms with E-state index in [2.05, 4.69) is 31.0 Å². The van der Waals surface area contributed by atoms with Gasteiger partial charge in [0.1, 0.15) is 0 Å². The van der Waals surface area contributed by atoms with Gasteiger partial charge in [0.2, 0.25) is 5.91 Å². The topological polar surface area (TPSA) is 32.3 Å². The van der Waals surface area contributed by atoms with Gasteiger partial charge in [0.05, 0.1) is 0 Å². The van der Waals surface area contributed by atoms with Gasteiger partial charge in [-0.3, -0.25) is 4.79 Å². The van der Waals surface area contributed by atoms with Crippen molar-refractivity contribution in [2.75, 3.05) is 13.1 Å². The molecule has 3 heteroatoms. The van der Waals surface area contributed by atoms with E-state index in [1.165, 1.54) is 25.7 Å². The van der Waals surface area contributed by atoms with E-state index < -0.39 is 0 Å². The number of amides is 1. The van der Waals surface area contributed by atoms with Gasteiger partial charge >= 0.3 is 0 Å². The number of hydrogen-bond acceptors (Lipinski definition) is 2. The van der Waals surface area contributed by atoms with Crippen LogP contribution in [-0.4, -0.2) is 36.0 Å². The lowest BCUT2D eigenvalue weighted by Gasteiger charge is -2.33. The van der Waals surface area contributed by atoms with Crippen LogP contribution in [0.4, 0.5) is 0 Å². The molecule has 18 heavy (non-hydrogen) atoms. The largest absolute Gasteiger partial charge is 0.338 e. The number of carbonyl (C=O) groups is 1. The lowest BCUT2D eigenvalue weighted by atomic mass is 9.95. The second-order valence-corrected chi connectivity index (χ2v) is 6.39. The molecule has 1 heterocycles. The summed E-state index contributed by atoms with van der Waals surface area (Å²) in [7, 11) is 0. The Kier molecular flexibility index (Phi) is 4.66. The zero-order valence-electron chi connectivity index (χ0n) is 12.1. The van der Waals surface area contributed by atoms with Gasteiger partial charge < -0.3 is 10.2 Å². The highest BCUT2D eigenvalue weighted by Crippen LogP contribution is 2.33. The van der Waals surface area contributed by atoms with Crippen molar-refractivity contribution in [2.45, 2.75) is 65.0 Å². The smallest absolute Gasteiger partial charge is 0.226 e. The molecule has 0 aromatic heterocycles. The Morgan fingerprint density at radius 2 is 2.06 bits per heavy atom. The fraction of sp³-hybridized carbons (Fsp3) is 0.933. The summed E-state index contributed by atoms with van der Waals surface area (Å²) in [4.78, 5) is 14.8. The molecule has 2 fully saturated rings. The molecule has 1 saturated carbocycles. The van der Waals surface area contributed by atoms with Crippen molar-refractivity contribution in [3.63, 3.8) is 0 Å². The SMILES string of the molecule is CC1CCCC1C(=O)N(CC1CCCN1)C(C)C. The van der Waals surface area contributed by atoms with Crippen LogP contribution in [0.3, 0.4) is 0 Å². The highest BCUT2D eigenvalue weighted by molar-refractivity contribution is 5.79. The standard InChI is InChI=1S/C15H28N2O/c1-11(2)17(10-13-7-5-9-16-13)15(18)14-8-4-6-12(14)3/h11-14,16H,4-10H2,1-3H3. The third-order valence-corrected chi connectivity index (χ3v) is 4.66. The van der Waals surface area contributed by atoms with Gasteiger partial charge in [-0.1, -0.05) is 13.3 Å². The lowest BCUT2D eigenvalue weighted by Crippen LogP contribution is -2.47. The molecule has 1 saturated heterocycles. The van der Waals surface area contributed by atoms with Crippen LogP contribution in [0.25, 0.3) is 0 Å². The van der Waals surface area contributed by atoms with Gasteiger partial charge in [0.15, 0.2) is 0 Å². The second kappa shape index (κ2) is 6.05. The number of rotatable bonds is 4. The predicted molar refractivity (Wildman–Crippen MR) is 74.4 cm³/mol.